The highest BCUT2D eigenvalue weighted by Crippen LogP contribution is 2.28. The van der Waals surface area contributed by atoms with Gasteiger partial charge in [0.1, 0.15) is 5.58 Å². The van der Waals surface area contributed by atoms with Crippen molar-refractivity contribution in [1.29, 1.82) is 0 Å². The number of amides is 1. The number of carbonyl (C=O) groups is 1. The first kappa shape index (κ1) is 19.3. The number of furan rings is 1. The molecule has 0 bridgehead atoms. The van der Waals surface area contributed by atoms with E-state index in [1.54, 1.807) is 24.3 Å². The van der Waals surface area contributed by atoms with Crippen LogP contribution in [-0.2, 0) is 4.74 Å². The largest absolute Gasteiger partial charge is 0.451 e. The van der Waals surface area contributed by atoms with E-state index >= 15 is 0 Å². The van der Waals surface area contributed by atoms with Crippen molar-refractivity contribution in [1.82, 2.24) is 10.2 Å². The molecule has 28 heavy (non-hydrogen) atoms. The zero-order valence-corrected chi connectivity index (χ0v) is 16.7. The fourth-order valence-electron chi connectivity index (χ4n) is 3.47. The molecule has 1 fully saturated rings. The van der Waals surface area contributed by atoms with Crippen molar-refractivity contribution in [2.45, 2.75) is 6.04 Å². The van der Waals surface area contributed by atoms with Gasteiger partial charge >= 0.3 is 0 Å². The molecule has 7 heteroatoms. The van der Waals surface area contributed by atoms with Gasteiger partial charge in [-0.2, -0.15) is 0 Å². The van der Waals surface area contributed by atoms with E-state index in [-0.39, 0.29) is 17.7 Å². The summed E-state index contributed by atoms with van der Waals surface area (Å²) in [6, 6.07) is 14.7. The van der Waals surface area contributed by atoms with Gasteiger partial charge in [-0.15, -0.1) is 0 Å². The number of halogens is 2. The number of carbonyl (C=O) groups excluding carboxylic acids is 1. The molecule has 1 aliphatic rings. The zero-order chi connectivity index (χ0) is 19.5. The van der Waals surface area contributed by atoms with Crippen molar-refractivity contribution in [3.05, 3.63) is 69.9 Å². The third-order valence-corrected chi connectivity index (χ3v) is 5.49. The van der Waals surface area contributed by atoms with Crippen molar-refractivity contribution in [3.63, 3.8) is 0 Å². The molecule has 2 heterocycles. The third-order valence-electron chi connectivity index (χ3n) is 4.91. The van der Waals surface area contributed by atoms with Crippen LogP contribution in [0.15, 0.2) is 52.9 Å². The molecule has 5 nitrogen and oxygen atoms in total. The minimum Gasteiger partial charge on any atom is -0.451 e. The maximum absolute atomic E-state index is 12.7. The van der Waals surface area contributed by atoms with Crippen LogP contribution in [0.25, 0.3) is 11.0 Å². The molecule has 1 amide bonds. The minimum atomic E-state index is -0.266. The van der Waals surface area contributed by atoms with Crippen molar-refractivity contribution in [2.75, 3.05) is 32.8 Å². The Labute approximate surface area is 173 Å². The number of morpholine rings is 1. The van der Waals surface area contributed by atoms with Crippen molar-refractivity contribution in [2.24, 2.45) is 0 Å². The highest BCUT2D eigenvalue weighted by Gasteiger charge is 2.25. The summed E-state index contributed by atoms with van der Waals surface area (Å²) in [5.74, 6) is -0.00483. The maximum atomic E-state index is 12.7. The third kappa shape index (κ3) is 4.18. The normalized spacial score (nSPS) is 16.2. The molecule has 1 aliphatic heterocycles. The van der Waals surface area contributed by atoms with Gasteiger partial charge in [0.15, 0.2) is 5.76 Å². The second-order valence-electron chi connectivity index (χ2n) is 6.69. The number of hydrogen-bond acceptors (Lipinski definition) is 4. The van der Waals surface area contributed by atoms with Crippen LogP contribution in [-0.4, -0.2) is 43.7 Å². The first-order valence-electron chi connectivity index (χ1n) is 9.15. The van der Waals surface area contributed by atoms with Crippen molar-refractivity contribution in [3.8, 4) is 0 Å². The van der Waals surface area contributed by atoms with Crippen LogP contribution in [0.4, 0.5) is 0 Å². The molecule has 1 N–H and O–H groups in total. The monoisotopic (exact) mass is 418 g/mol. The molecule has 1 aromatic heterocycles. The van der Waals surface area contributed by atoms with Crippen molar-refractivity contribution >= 4 is 40.1 Å². The molecule has 0 saturated carbocycles. The van der Waals surface area contributed by atoms with Gasteiger partial charge in [0.05, 0.1) is 19.3 Å². The lowest BCUT2D eigenvalue weighted by Crippen LogP contribution is -2.43. The Kier molecular flexibility index (Phi) is 5.87. The van der Waals surface area contributed by atoms with E-state index < -0.39 is 0 Å². The minimum absolute atomic E-state index is 0.0413. The zero-order valence-electron chi connectivity index (χ0n) is 15.2. The molecule has 1 saturated heterocycles. The molecule has 0 aliphatic carbocycles. The Balaban J connectivity index is 1.52. The molecule has 146 valence electrons. The molecule has 3 aromatic rings. The summed E-state index contributed by atoms with van der Waals surface area (Å²) >= 11 is 12.4. The number of nitrogens with one attached hydrogen (secondary N) is 1. The molecule has 0 radical (unpaired) electrons. The maximum Gasteiger partial charge on any atom is 0.287 e. The smallest absolute Gasteiger partial charge is 0.287 e. The van der Waals surface area contributed by atoms with E-state index in [4.69, 9.17) is 32.4 Å². The highest BCUT2D eigenvalue weighted by molar-refractivity contribution is 6.31. The van der Waals surface area contributed by atoms with Crippen molar-refractivity contribution < 1.29 is 13.9 Å². The summed E-state index contributed by atoms with van der Waals surface area (Å²) in [6.07, 6.45) is 0. The molecular formula is C21H20Cl2N2O3. The predicted octanol–water partition coefficient (Wildman–Crippen LogP) is 4.54. The van der Waals surface area contributed by atoms with Crippen LogP contribution in [0.3, 0.4) is 0 Å². The lowest BCUT2D eigenvalue weighted by molar-refractivity contribution is 0.0162. The van der Waals surface area contributed by atoms with Gasteiger partial charge in [-0.1, -0.05) is 41.4 Å². The van der Waals surface area contributed by atoms with Gasteiger partial charge in [-0.3, -0.25) is 9.69 Å². The summed E-state index contributed by atoms with van der Waals surface area (Å²) in [5, 5.41) is 5.08. The summed E-state index contributed by atoms with van der Waals surface area (Å²) in [6.45, 7) is 3.32. The number of nitrogens with zero attached hydrogens (tertiary/aromatic N) is 1. The van der Waals surface area contributed by atoms with Gasteiger partial charge in [-0.25, -0.2) is 0 Å². The average Bonchev–Trinajstić information content (AvgIpc) is 3.13. The van der Waals surface area contributed by atoms with Crippen LogP contribution in [0.2, 0.25) is 10.0 Å². The van der Waals surface area contributed by atoms with Crippen LogP contribution in [0.1, 0.15) is 22.2 Å². The Hall–Kier alpha value is -2.05. The Bertz CT molecular complexity index is 983. The second-order valence-corrected chi connectivity index (χ2v) is 7.53. The quantitative estimate of drug-likeness (QED) is 0.660. The topological polar surface area (TPSA) is 54.7 Å². The summed E-state index contributed by atoms with van der Waals surface area (Å²) in [5.41, 5.74) is 1.62. The lowest BCUT2D eigenvalue weighted by atomic mass is 10.0. The first-order valence-corrected chi connectivity index (χ1v) is 9.91. The number of ether oxygens (including phenoxy) is 1. The van der Waals surface area contributed by atoms with Gasteiger partial charge in [-0.05, 0) is 35.9 Å². The molecule has 2 aromatic carbocycles. The Morgan fingerprint density at radius 2 is 1.89 bits per heavy atom. The number of rotatable bonds is 5. The fraction of sp³-hybridized carbons (Fsp3) is 0.286. The second kappa shape index (κ2) is 8.53. The molecule has 1 unspecified atom stereocenters. The number of hydrogen-bond donors (Lipinski definition) is 1. The van der Waals surface area contributed by atoms with Crippen LogP contribution >= 0.6 is 23.2 Å². The standard InChI is InChI=1S/C21H20Cl2N2O3/c22-15-5-6-19-14(11-15)12-20(28-19)21(26)24-13-18(25-7-9-27-10-8-25)16-3-1-2-4-17(16)23/h1-6,11-12,18H,7-10,13H2,(H,24,26). The van der Waals surface area contributed by atoms with E-state index in [0.29, 0.717) is 35.4 Å². The molecule has 0 spiro atoms. The van der Waals surface area contributed by atoms with Gasteiger partial charge in [0.25, 0.3) is 5.91 Å². The van der Waals surface area contributed by atoms with E-state index in [9.17, 15) is 4.79 Å². The Morgan fingerprint density at radius 1 is 1.11 bits per heavy atom. The van der Waals surface area contributed by atoms with Gasteiger partial charge < -0.3 is 14.5 Å². The molecular weight excluding hydrogens is 399 g/mol. The van der Waals surface area contributed by atoms with E-state index in [1.165, 1.54) is 0 Å². The van der Waals surface area contributed by atoms with Crippen LogP contribution in [0.5, 0.6) is 0 Å². The lowest BCUT2D eigenvalue weighted by Gasteiger charge is -2.35. The van der Waals surface area contributed by atoms with Gasteiger partial charge in [0.2, 0.25) is 0 Å². The molecule has 4 rings (SSSR count). The fourth-order valence-corrected chi connectivity index (χ4v) is 3.92. The van der Waals surface area contributed by atoms with Crippen LogP contribution < -0.4 is 5.32 Å². The van der Waals surface area contributed by atoms with E-state index in [1.807, 2.05) is 24.3 Å². The molecule has 1 atom stereocenters. The van der Waals surface area contributed by atoms with Crippen LogP contribution in [0, 0.1) is 0 Å². The Morgan fingerprint density at radius 3 is 2.68 bits per heavy atom. The SMILES string of the molecule is O=C(NCC(c1ccccc1Cl)N1CCOCC1)c1cc2cc(Cl)ccc2o1. The highest BCUT2D eigenvalue weighted by atomic mass is 35.5. The van der Waals surface area contributed by atoms with Gasteiger partial charge in [0, 0.05) is 35.1 Å². The number of benzene rings is 2. The average molecular weight is 419 g/mol. The first-order chi connectivity index (χ1) is 13.6. The van der Waals surface area contributed by atoms with E-state index in [2.05, 4.69) is 10.2 Å². The van der Waals surface area contributed by atoms with E-state index in [0.717, 1.165) is 24.0 Å². The number of fused-ring (bicyclic) bond motifs is 1. The summed E-state index contributed by atoms with van der Waals surface area (Å²) in [4.78, 5) is 15.0. The summed E-state index contributed by atoms with van der Waals surface area (Å²) in [7, 11) is 0. The summed E-state index contributed by atoms with van der Waals surface area (Å²) < 4.78 is 11.1. The predicted molar refractivity (Wildman–Crippen MR) is 110 cm³/mol.